The molecule has 0 aliphatic heterocycles. The Bertz CT molecular complexity index is 537. The number of carbonyl (C=O) groups excluding carboxylic acids is 1. The highest BCUT2D eigenvalue weighted by Gasteiger charge is 2.08. The maximum Gasteiger partial charge on any atom is 0.251 e. The molecule has 6 heteroatoms. The zero-order chi connectivity index (χ0) is 15.2. The largest absolute Gasteiger partial charge is 0.393 e. The SMILES string of the molecule is CCC(O)CCNC(=O)c1ccc(CS(C)(=O)=O)cc1. The van der Waals surface area contributed by atoms with Crippen LogP contribution in [0.3, 0.4) is 0 Å². The van der Waals surface area contributed by atoms with Crippen LogP contribution in [0, 0.1) is 0 Å². The third-order valence-electron chi connectivity index (χ3n) is 2.88. The smallest absolute Gasteiger partial charge is 0.251 e. The van der Waals surface area contributed by atoms with Crippen molar-refractivity contribution in [2.45, 2.75) is 31.6 Å². The fourth-order valence-corrected chi connectivity index (χ4v) is 2.51. The number of amides is 1. The molecular weight excluding hydrogens is 278 g/mol. The lowest BCUT2D eigenvalue weighted by Crippen LogP contribution is -2.27. The molecule has 0 radical (unpaired) electrons. The Kier molecular flexibility index (Phi) is 6.16. The summed E-state index contributed by atoms with van der Waals surface area (Å²) < 4.78 is 22.3. The van der Waals surface area contributed by atoms with E-state index >= 15 is 0 Å². The summed E-state index contributed by atoms with van der Waals surface area (Å²) in [7, 11) is -3.07. The molecule has 20 heavy (non-hydrogen) atoms. The second-order valence-corrected chi connectivity index (χ2v) is 7.01. The van der Waals surface area contributed by atoms with Crippen molar-refractivity contribution in [1.29, 1.82) is 0 Å². The Morgan fingerprint density at radius 3 is 2.40 bits per heavy atom. The molecule has 1 atom stereocenters. The van der Waals surface area contributed by atoms with Gasteiger partial charge < -0.3 is 10.4 Å². The maximum atomic E-state index is 11.8. The van der Waals surface area contributed by atoms with Crippen LogP contribution in [0.15, 0.2) is 24.3 Å². The third kappa shape index (κ3) is 6.16. The van der Waals surface area contributed by atoms with E-state index in [0.717, 1.165) is 0 Å². The fraction of sp³-hybridized carbons (Fsp3) is 0.500. The molecule has 112 valence electrons. The van der Waals surface area contributed by atoms with Crippen LogP contribution in [-0.4, -0.2) is 38.3 Å². The maximum absolute atomic E-state index is 11.8. The number of hydrogen-bond acceptors (Lipinski definition) is 4. The van der Waals surface area contributed by atoms with Crippen molar-refractivity contribution in [2.24, 2.45) is 0 Å². The highest BCUT2D eigenvalue weighted by Crippen LogP contribution is 2.08. The quantitative estimate of drug-likeness (QED) is 0.790. The van der Waals surface area contributed by atoms with Gasteiger partial charge in [0.2, 0.25) is 0 Å². The number of sulfone groups is 1. The predicted molar refractivity (Wildman–Crippen MR) is 78.2 cm³/mol. The normalized spacial score (nSPS) is 12.9. The van der Waals surface area contributed by atoms with Gasteiger partial charge in [-0.1, -0.05) is 19.1 Å². The van der Waals surface area contributed by atoms with Crippen LogP contribution in [0.1, 0.15) is 35.7 Å². The highest BCUT2D eigenvalue weighted by atomic mass is 32.2. The molecule has 0 spiro atoms. The monoisotopic (exact) mass is 299 g/mol. The van der Waals surface area contributed by atoms with E-state index in [-0.39, 0.29) is 11.7 Å². The summed E-state index contributed by atoms with van der Waals surface area (Å²) in [4.78, 5) is 11.8. The van der Waals surface area contributed by atoms with E-state index in [4.69, 9.17) is 0 Å². The summed E-state index contributed by atoms with van der Waals surface area (Å²) in [6.07, 6.45) is 1.96. The topological polar surface area (TPSA) is 83.5 Å². The molecule has 0 fully saturated rings. The molecule has 5 nitrogen and oxygen atoms in total. The molecule has 1 rings (SSSR count). The second-order valence-electron chi connectivity index (χ2n) is 4.87. The lowest BCUT2D eigenvalue weighted by atomic mass is 10.1. The Morgan fingerprint density at radius 1 is 1.30 bits per heavy atom. The minimum Gasteiger partial charge on any atom is -0.393 e. The highest BCUT2D eigenvalue weighted by molar-refractivity contribution is 7.89. The zero-order valence-corrected chi connectivity index (χ0v) is 12.6. The fourth-order valence-electron chi connectivity index (χ4n) is 1.71. The first-order valence-electron chi connectivity index (χ1n) is 6.54. The molecule has 0 aliphatic rings. The van der Waals surface area contributed by atoms with E-state index < -0.39 is 15.9 Å². The van der Waals surface area contributed by atoms with E-state index in [9.17, 15) is 18.3 Å². The Labute approximate surface area is 119 Å². The van der Waals surface area contributed by atoms with Gasteiger partial charge in [-0.3, -0.25) is 4.79 Å². The molecule has 0 bridgehead atoms. The van der Waals surface area contributed by atoms with Crippen molar-refractivity contribution in [3.8, 4) is 0 Å². The van der Waals surface area contributed by atoms with Crippen molar-refractivity contribution in [2.75, 3.05) is 12.8 Å². The van der Waals surface area contributed by atoms with E-state index in [2.05, 4.69) is 5.32 Å². The van der Waals surface area contributed by atoms with Gasteiger partial charge in [0.05, 0.1) is 11.9 Å². The number of aliphatic hydroxyl groups is 1. The molecule has 2 N–H and O–H groups in total. The minimum atomic E-state index is -3.07. The van der Waals surface area contributed by atoms with E-state index in [1.807, 2.05) is 6.92 Å². The van der Waals surface area contributed by atoms with Crippen molar-refractivity contribution >= 4 is 15.7 Å². The lowest BCUT2D eigenvalue weighted by molar-refractivity contribution is 0.0942. The average Bonchev–Trinajstić information content (AvgIpc) is 2.37. The first-order valence-corrected chi connectivity index (χ1v) is 8.61. The number of hydrogen-bond donors (Lipinski definition) is 2. The molecule has 1 aromatic rings. The summed E-state index contributed by atoms with van der Waals surface area (Å²) in [5, 5.41) is 12.1. The standard InChI is InChI=1S/C14H21NO4S/c1-3-13(16)8-9-15-14(17)12-6-4-11(5-7-12)10-20(2,18)19/h4-7,13,16H,3,8-10H2,1-2H3,(H,15,17). The Hall–Kier alpha value is -1.40. The number of aliphatic hydroxyl groups excluding tert-OH is 1. The minimum absolute atomic E-state index is 0.0302. The summed E-state index contributed by atoms with van der Waals surface area (Å²) in [5.41, 5.74) is 1.14. The van der Waals surface area contributed by atoms with Crippen LogP contribution in [-0.2, 0) is 15.6 Å². The first-order chi connectivity index (χ1) is 9.31. The van der Waals surface area contributed by atoms with Gasteiger partial charge in [0.1, 0.15) is 0 Å². The van der Waals surface area contributed by atoms with Crippen molar-refractivity contribution in [3.05, 3.63) is 35.4 Å². The number of benzene rings is 1. The zero-order valence-electron chi connectivity index (χ0n) is 11.8. The van der Waals surface area contributed by atoms with Crippen LogP contribution in [0.25, 0.3) is 0 Å². The lowest BCUT2D eigenvalue weighted by Gasteiger charge is -2.09. The summed E-state index contributed by atoms with van der Waals surface area (Å²) >= 11 is 0. The van der Waals surface area contributed by atoms with Crippen molar-refractivity contribution < 1.29 is 18.3 Å². The molecular formula is C14H21NO4S. The van der Waals surface area contributed by atoms with Crippen LogP contribution in [0.5, 0.6) is 0 Å². The Balaban J connectivity index is 2.53. The molecule has 1 amide bonds. The molecule has 1 unspecified atom stereocenters. The predicted octanol–water partition coefficient (Wildman–Crippen LogP) is 1.12. The molecule has 0 heterocycles. The van der Waals surface area contributed by atoms with Crippen molar-refractivity contribution in [1.82, 2.24) is 5.32 Å². The average molecular weight is 299 g/mol. The van der Waals surface area contributed by atoms with Gasteiger partial charge in [0.15, 0.2) is 9.84 Å². The summed E-state index contributed by atoms with van der Waals surface area (Å²) in [6, 6.07) is 6.48. The second kappa shape index (κ2) is 7.40. The number of carbonyl (C=O) groups is 1. The van der Waals surface area contributed by atoms with Gasteiger partial charge in [-0.15, -0.1) is 0 Å². The van der Waals surface area contributed by atoms with Gasteiger partial charge in [0.25, 0.3) is 5.91 Å². The van der Waals surface area contributed by atoms with E-state index in [1.54, 1.807) is 24.3 Å². The number of rotatable bonds is 7. The van der Waals surface area contributed by atoms with E-state index in [1.165, 1.54) is 6.26 Å². The van der Waals surface area contributed by atoms with Crippen LogP contribution in [0.4, 0.5) is 0 Å². The van der Waals surface area contributed by atoms with Gasteiger partial charge in [0, 0.05) is 18.4 Å². The Morgan fingerprint density at radius 2 is 1.90 bits per heavy atom. The molecule has 0 saturated carbocycles. The van der Waals surface area contributed by atoms with Crippen LogP contribution >= 0.6 is 0 Å². The van der Waals surface area contributed by atoms with Crippen molar-refractivity contribution in [3.63, 3.8) is 0 Å². The molecule has 0 aromatic heterocycles. The summed E-state index contributed by atoms with van der Waals surface area (Å²) in [5.74, 6) is -0.253. The van der Waals surface area contributed by atoms with Gasteiger partial charge >= 0.3 is 0 Å². The first kappa shape index (κ1) is 16.7. The third-order valence-corrected chi connectivity index (χ3v) is 3.74. The van der Waals surface area contributed by atoms with Gasteiger partial charge in [-0.2, -0.15) is 0 Å². The molecule has 1 aromatic carbocycles. The van der Waals surface area contributed by atoms with Gasteiger partial charge in [-0.25, -0.2) is 8.42 Å². The summed E-state index contributed by atoms with van der Waals surface area (Å²) in [6.45, 7) is 2.30. The molecule has 0 aliphatic carbocycles. The van der Waals surface area contributed by atoms with Gasteiger partial charge in [-0.05, 0) is 30.5 Å². The van der Waals surface area contributed by atoms with Crippen LogP contribution < -0.4 is 5.32 Å². The van der Waals surface area contributed by atoms with Crippen LogP contribution in [0.2, 0.25) is 0 Å². The van der Waals surface area contributed by atoms with E-state index in [0.29, 0.717) is 30.5 Å². The number of nitrogens with one attached hydrogen (secondary N) is 1. The molecule has 0 saturated heterocycles.